The monoisotopic (exact) mass is 420 g/mol. The number of rotatable bonds is 2. The van der Waals surface area contributed by atoms with Gasteiger partial charge in [-0.25, -0.2) is 0 Å². The summed E-state index contributed by atoms with van der Waals surface area (Å²) in [5, 5.41) is 0.886. The number of hydrogen-bond donors (Lipinski definition) is 0. The van der Waals surface area contributed by atoms with Crippen LogP contribution in [0.15, 0.2) is 78.9 Å². The predicted molar refractivity (Wildman–Crippen MR) is 130 cm³/mol. The molecule has 0 aliphatic heterocycles. The van der Waals surface area contributed by atoms with Crippen molar-refractivity contribution in [2.24, 2.45) is 0 Å². The summed E-state index contributed by atoms with van der Waals surface area (Å²) in [6.45, 7) is 6.77. The van der Waals surface area contributed by atoms with Crippen LogP contribution in [0.25, 0.3) is 0 Å². The third-order valence-corrected chi connectivity index (χ3v) is 7.93. The summed E-state index contributed by atoms with van der Waals surface area (Å²) in [6.07, 6.45) is 0.914. The molecule has 2 atom stereocenters. The molecule has 0 heterocycles. The Hall–Kier alpha value is -2.83. The van der Waals surface area contributed by atoms with E-state index in [1.807, 2.05) is 0 Å². The van der Waals surface area contributed by atoms with Crippen LogP contribution >= 0.6 is 11.6 Å². The summed E-state index contributed by atoms with van der Waals surface area (Å²) in [5.74, 6) is 0.249. The van der Waals surface area contributed by atoms with Crippen LogP contribution in [0.4, 0.5) is 0 Å². The third kappa shape index (κ3) is 2.37. The van der Waals surface area contributed by atoms with Gasteiger partial charge < -0.3 is 0 Å². The lowest BCUT2D eigenvalue weighted by atomic mass is 9.50. The second kappa shape index (κ2) is 6.58. The summed E-state index contributed by atoms with van der Waals surface area (Å²) in [7, 11) is 0. The standard InChI is InChI=1S/C30H25Cl/c1-18-9-4-5-10-21(18)17-30-24-13-7-6-11-22(24)27(23-12-8-14-25(31)29(23)30)26-19(2)15-16-20(3)28(26)30/h4-16,27H,17H2,1-3H3/t27-,30-/m0/s1. The molecule has 152 valence electrons. The third-order valence-electron chi connectivity index (χ3n) is 7.62. The van der Waals surface area contributed by atoms with Gasteiger partial charge >= 0.3 is 0 Å². The Balaban J connectivity index is 1.82. The zero-order valence-electron chi connectivity index (χ0n) is 18.2. The van der Waals surface area contributed by atoms with Gasteiger partial charge in [-0.15, -0.1) is 0 Å². The number of benzene rings is 4. The molecular formula is C30H25Cl. The molecule has 0 spiro atoms. The smallest absolute Gasteiger partial charge is 0.0518 e. The van der Waals surface area contributed by atoms with E-state index in [9.17, 15) is 0 Å². The molecule has 0 aromatic heterocycles. The van der Waals surface area contributed by atoms with E-state index in [-0.39, 0.29) is 11.3 Å². The highest BCUT2D eigenvalue weighted by molar-refractivity contribution is 6.31. The van der Waals surface area contributed by atoms with Gasteiger partial charge in [-0.05, 0) is 88.9 Å². The maximum atomic E-state index is 7.06. The van der Waals surface area contributed by atoms with Crippen LogP contribution in [0.2, 0.25) is 5.02 Å². The fourth-order valence-electron chi connectivity index (χ4n) is 6.38. The Morgan fingerprint density at radius 1 is 0.677 bits per heavy atom. The van der Waals surface area contributed by atoms with Crippen molar-refractivity contribution in [3.05, 3.63) is 140 Å². The lowest BCUT2D eigenvalue weighted by Gasteiger charge is -2.52. The second-order valence-electron chi connectivity index (χ2n) is 9.22. The second-order valence-corrected chi connectivity index (χ2v) is 9.63. The maximum absolute atomic E-state index is 7.06. The molecule has 0 amide bonds. The Kier molecular flexibility index (Phi) is 4.01. The number of aryl methyl sites for hydroxylation is 3. The van der Waals surface area contributed by atoms with Gasteiger partial charge in [0.25, 0.3) is 0 Å². The van der Waals surface area contributed by atoms with Crippen LogP contribution in [0.3, 0.4) is 0 Å². The predicted octanol–water partition coefficient (Wildman–Crippen LogP) is 7.65. The van der Waals surface area contributed by atoms with Crippen LogP contribution in [-0.4, -0.2) is 0 Å². The SMILES string of the molecule is Cc1ccccc1C[C@@]12c3ccccc3[C@@H](c3cccc(Cl)c31)c1c(C)ccc(C)c12. The minimum Gasteiger partial charge on any atom is -0.0840 e. The normalized spacial score (nSPS) is 20.2. The van der Waals surface area contributed by atoms with Gasteiger partial charge in [0.05, 0.1) is 5.41 Å². The minimum absolute atomic E-state index is 0.249. The van der Waals surface area contributed by atoms with Gasteiger partial charge in [-0.3, -0.25) is 0 Å². The minimum atomic E-state index is -0.281. The van der Waals surface area contributed by atoms with E-state index in [1.54, 1.807) is 0 Å². The van der Waals surface area contributed by atoms with E-state index in [0.717, 1.165) is 11.4 Å². The van der Waals surface area contributed by atoms with Crippen molar-refractivity contribution >= 4 is 11.6 Å². The summed E-state index contributed by atoms with van der Waals surface area (Å²) < 4.78 is 0. The Labute approximate surface area is 189 Å². The molecule has 31 heavy (non-hydrogen) atoms. The van der Waals surface area contributed by atoms with Gasteiger partial charge in [0.2, 0.25) is 0 Å². The fourth-order valence-corrected chi connectivity index (χ4v) is 6.72. The molecule has 0 nitrogen and oxygen atoms in total. The molecule has 0 N–H and O–H groups in total. The molecule has 3 aliphatic rings. The molecule has 1 heteroatoms. The molecule has 0 unspecified atom stereocenters. The Morgan fingerprint density at radius 3 is 2.23 bits per heavy atom. The van der Waals surface area contributed by atoms with Crippen molar-refractivity contribution in [2.75, 3.05) is 0 Å². The van der Waals surface area contributed by atoms with Crippen molar-refractivity contribution in [1.82, 2.24) is 0 Å². The van der Waals surface area contributed by atoms with E-state index < -0.39 is 0 Å². The summed E-state index contributed by atoms with van der Waals surface area (Å²) in [4.78, 5) is 0. The first-order valence-corrected chi connectivity index (χ1v) is 11.4. The molecule has 0 radical (unpaired) electrons. The maximum Gasteiger partial charge on any atom is 0.0518 e. The topological polar surface area (TPSA) is 0 Å². The lowest BCUT2D eigenvalue weighted by molar-refractivity contribution is 0.534. The van der Waals surface area contributed by atoms with Crippen molar-refractivity contribution < 1.29 is 0 Å². The van der Waals surface area contributed by atoms with Crippen molar-refractivity contribution in [3.8, 4) is 0 Å². The van der Waals surface area contributed by atoms with Gasteiger partial charge in [-0.1, -0.05) is 84.4 Å². The quantitative estimate of drug-likeness (QED) is 0.312. The van der Waals surface area contributed by atoms with Crippen molar-refractivity contribution in [2.45, 2.75) is 38.5 Å². The molecule has 2 bridgehead atoms. The van der Waals surface area contributed by atoms with Crippen LogP contribution in [0.1, 0.15) is 61.6 Å². The van der Waals surface area contributed by atoms with Gasteiger partial charge in [0, 0.05) is 10.9 Å². The van der Waals surface area contributed by atoms with Crippen molar-refractivity contribution in [1.29, 1.82) is 0 Å². The average Bonchev–Trinajstić information content (AvgIpc) is 2.78. The van der Waals surface area contributed by atoms with Crippen LogP contribution in [0.5, 0.6) is 0 Å². The zero-order valence-corrected chi connectivity index (χ0v) is 18.9. The highest BCUT2D eigenvalue weighted by Crippen LogP contribution is 2.62. The van der Waals surface area contributed by atoms with E-state index in [1.165, 1.54) is 55.6 Å². The molecule has 0 saturated carbocycles. The number of hydrogen-bond acceptors (Lipinski definition) is 0. The highest BCUT2D eigenvalue weighted by atomic mass is 35.5. The molecule has 4 aromatic carbocycles. The first kappa shape index (κ1) is 18.9. The first-order valence-electron chi connectivity index (χ1n) is 11.1. The van der Waals surface area contributed by atoms with E-state index in [2.05, 4.69) is 99.6 Å². The molecule has 7 rings (SSSR count). The van der Waals surface area contributed by atoms with Crippen molar-refractivity contribution in [3.63, 3.8) is 0 Å². The fraction of sp³-hybridized carbons (Fsp3) is 0.200. The Bertz CT molecular complexity index is 1360. The molecule has 4 aromatic rings. The molecule has 0 fully saturated rings. The lowest BCUT2D eigenvalue weighted by Crippen LogP contribution is -2.45. The largest absolute Gasteiger partial charge is 0.0840 e. The molecule has 0 saturated heterocycles. The van der Waals surface area contributed by atoms with E-state index in [4.69, 9.17) is 11.6 Å². The zero-order chi connectivity index (χ0) is 21.3. The average molecular weight is 421 g/mol. The van der Waals surface area contributed by atoms with Gasteiger partial charge in [-0.2, -0.15) is 0 Å². The highest BCUT2D eigenvalue weighted by Gasteiger charge is 2.53. The van der Waals surface area contributed by atoms with Crippen LogP contribution < -0.4 is 0 Å². The van der Waals surface area contributed by atoms with Gasteiger partial charge in [0.1, 0.15) is 0 Å². The van der Waals surface area contributed by atoms with Crippen LogP contribution in [0, 0.1) is 20.8 Å². The van der Waals surface area contributed by atoms with Crippen LogP contribution in [-0.2, 0) is 11.8 Å². The summed E-state index contributed by atoms with van der Waals surface area (Å²) >= 11 is 7.06. The summed E-state index contributed by atoms with van der Waals surface area (Å²) in [6, 6.07) is 29.0. The van der Waals surface area contributed by atoms with E-state index >= 15 is 0 Å². The van der Waals surface area contributed by atoms with E-state index in [0.29, 0.717) is 0 Å². The molecular weight excluding hydrogens is 396 g/mol. The first-order chi connectivity index (χ1) is 15.0. The molecule has 3 aliphatic carbocycles. The Morgan fingerprint density at radius 2 is 1.39 bits per heavy atom. The summed E-state index contributed by atoms with van der Waals surface area (Å²) in [5.41, 5.74) is 13.7. The van der Waals surface area contributed by atoms with Gasteiger partial charge in [0.15, 0.2) is 0 Å². The number of halogens is 1.